The number of H-pyrrole nitrogens is 1. The van der Waals surface area contributed by atoms with Gasteiger partial charge in [-0.2, -0.15) is 0 Å². The minimum absolute atomic E-state index is 0.0118. The molecule has 150 valence electrons. The Kier molecular flexibility index (Phi) is 5.73. The molecule has 1 aromatic carbocycles. The Morgan fingerprint density at radius 2 is 1.64 bits per heavy atom. The number of aromatic amines is 1. The Balaban J connectivity index is 1.38. The number of piperidine rings is 1. The van der Waals surface area contributed by atoms with Gasteiger partial charge in [0, 0.05) is 50.2 Å². The van der Waals surface area contributed by atoms with Crippen molar-refractivity contribution in [3.8, 4) is 0 Å². The number of aromatic nitrogens is 1. The molecule has 7 heteroatoms. The third-order valence-electron chi connectivity index (χ3n) is 6.03. The Morgan fingerprint density at radius 3 is 2.32 bits per heavy atom. The molecule has 2 aromatic rings. The summed E-state index contributed by atoms with van der Waals surface area (Å²) >= 11 is 3.58. The molecule has 1 unspecified atom stereocenters. The van der Waals surface area contributed by atoms with E-state index in [0.717, 1.165) is 54.4 Å². The number of amides is 2. The monoisotopic (exact) mass is 446 g/mol. The van der Waals surface area contributed by atoms with E-state index >= 15 is 0 Å². The zero-order valence-corrected chi connectivity index (χ0v) is 17.9. The van der Waals surface area contributed by atoms with Crippen LogP contribution in [0.25, 0.3) is 10.9 Å². The Morgan fingerprint density at radius 1 is 0.964 bits per heavy atom. The van der Waals surface area contributed by atoms with Gasteiger partial charge in [0.2, 0.25) is 5.91 Å². The second kappa shape index (κ2) is 8.25. The van der Waals surface area contributed by atoms with Crippen LogP contribution in [0.3, 0.4) is 0 Å². The molecule has 4 rings (SSSR count). The second-order valence-electron chi connectivity index (χ2n) is 7.75. The summed E-state index contributed by atoms with van der Waals surface area (Å²) in [5.41, 5.74) is 1.56. The summed E-state index contributed by atoms with van der Waals surface area (Å²) in [6.07, 6.45) is 3.45. The van der Waals surface area contributed by atoms with Gasteiger partial charge in [-0.05, 0) is 48.2 Å². The molecule has 2 amide bonds. The highest BCUT2D eigenvalue weighted by Crippen LogP contribution is 2.29. The molecule has 0 radical (unpaired) electrons. The zero-order chi connectivity index (χ0) is 19.7. The quantitative estimate of drug-likeness (QED) is 0.787. The van der Waals surface area contributed by atoms with Gasteiger partial charge in [0.05, 0.1) is 10.5 Å². The Labute approximate surface area is 174 Å². The number of hydrogen-bond acceptors (Lipinski definition) is 3. The lowest BCUT2D eigenvalue weighted by Crippen LogP contribution is -2.56. The van der Waals surface area contributed by atoms with Crippen LogP contribution in [-0.2, 0) is 4.79 Å². The number of piperazine rings is 1. The van der Waals surface area contributed by atoms with Gasteiger partial charge in [-0.3, -0.25) is 14.5 Å². The van der Waals surface area contributed by atoms with Gasteiger partial charge in [0.15, 0.2) is 0 Å². The minimum Gasteiger partial charge on any atom is -0.350 e. The summed E-state index contributed by atoms with van der Waals surface area (Å²) in [4.78, 5) is 35.1. The number of para-hydroxylation sites is 1. The number of fused-ring (bicyclic) bond motifs is 1. The molecule has 6 nitrogen and oxygen atoms in total. The first-order valence-electron chi connectivity index (χ1n) is 10.1. The van der Waals surface area contributed by atoms with Crippen LogP contribution >= 0.6 is 15.9 Å². The van der Waals surface area contributed by atoms with Crippen LogP contribution < -0.4 is 0 Å². The summed E-state index contributed by atoms with van der Waals surface area (Å²) in [5.74, 6) is 0.246. The molecule has 28 heavy (non-hydrogen) atoms. The molecule has 2 saturated heterocycles. The molecule has 0 spiro atoms. The van der Waals surface area contributed by atoms with Gasteiger partial charge in [-0.25, -0.2) is 0 Å². The van der Waals surface area contributed by atoms with Gasteiger partial charge in [-0.1, -0.05) is 18.2 Å². The van der Waals surface area contributed by atoms with Crippen molar-refractivity contribution in [2.45, 2.75) is 32.2 Å². The average Bonchev–Trinajstić information content (AvgIpc) is 3.09. The third-order valence-corrected chi connectivity index (χ3v) is 6.85. The fraction of sp³-hybridized carbons (Fsp3) is 0.524. The predicted molar refractivity (Wildman–Crippen MR) is 113 cm³/mol. The van der Waals surface area contributed by atoms with E-state index < -0.39 is 0 Å². The van der Waals surface area contributed by atoms with Gasteiger partial charge in [0.1, 0.15) is 5.69 Å². The standard InChI is InChI=1S/C21H27BrN4O2/c1-15(20(27)25-9-5-2-6-10-25)24-11-13-26(14-12-24)21(28)19-18(22)16-7-3-4-8-17(16)23-19/h3-4,7-8,15,23H,2,5-6,9-14H2,1H3. The topological polar surface area (TPSA) is 59.7 Å². The van der Waals surface area contributed by atoms with E-state index in [0.29, 0.717) is 18.8 Å². The lowest BCUT2D eigenvalue weighted by molar-refractivity contribution is -0.137. The van der Waals surface area contributed by atoms with Gasteiger partial charge in [0.25, 0.3) is 5.91 Å². The SMILES string of the molecule is CC(C(=O)N1CCCCC1)N1CCN(C(=O)c2[nH]c3ccccc3c2Br)CC1. The van der Waals surface area contributed by atoms with Crippen LogP contribution in [0.5, 0.6) is 0 Å². The highest BCUT2D eigenvalue weighted by atomic mass is 79.9. The van der Waals surface area contributed by atoms with Gasteiger partial charge >= 0.3 is 0 Å². The molecule has 3 heterocycles. The Hall–Kier alpha value is -1.86. The first-order chi connectivity index (χ1) is 13.6. The lowest BCUT2D eigenvalue weighted by atomic mass is 10.1. The van der Waals surface area contributed by atoms with Crippen molar-refractivity contribution in [3.63, 3.8) is 0 Å². The maximum Gasteiger partial charge on any atom is 0.271 e. The summed E-state index contributed by atoms with van der Waals surface area (Å²) < 4.78 is 0.823. The first kappa shape index (κ1) is 19.5. The maximum atomic E-state index is 13.0. The van der Waals surface area contributed by atoms with Crippen LogP contribution in [0.1, 0.15) is 36.7 Å². The normalized spacial score (nSPS) is 19.8. The summed E-state index contributed by atoms with van der Waals surface area (Å²) in [5, 5.41) is 1.02. The van der Waals surface area contributed by atoms with Crippen LogP contribution in [0.15, 0.2) is 28.7 Å². The van der Waals surface area contributed by atoms with E-state index in [4.69, 9.17) is 0 Å². The zero-order valence-electron chi connectivity index (χ0n) is 16.3. The fourth-order valence-electron chi connectivity index (χ4n) is 4.26. The van der Waals surface area contributed by atoms with E-state index in [1.807, 2.05) is 41.0 Å². The van der Waals surface area contributed by atoms with E-state index in [1.54, 1.807) is 0 Å². The highest BCUT2D eigenvalue weighted by molar-refractivity contribution is 9.10. The summed E-state index contributed by atoms with van der Waals surface area (Å²) in [6, 6.07) is 7.78. The van der Waals surface area contributed by atoms with E-state index in [9.17, 15) is 9.59 Å². The molecule has 0 bridgehead atoms. The van der Waals surface area contributed by atoms with Crippen LogP contribution in [0, 0.1) is 0 Å². The maximum absolute atomic E-state index is 13.0. The number of rotatable bonds is 3. The number of nitrogens with zero attached hydrogens (tertiary/aromatic N) is 3. The molecule has 1 aromatic heterocycles. The fourth-order valence-corrected chi connectivity index (χ4v) is 4.87. The minimum atomic E-state index is -0.116. The number of hydrogen-bond donors (Lipinski definition) is 1. The summed E-state index contributed by atoms with van der Waals surface area (Å²) in [7, 11) is 0. The smallest absolute Gasteiger partial charge is 0.271 e. The number of benzene rings is 1. The van der Waals surface area contributed by atoms with Gasteiger partial charge in [-0.15, -0.1) is 0 Å². The molecule has 2 aliphatic rings. The number of carbonyl (C=O) groups is 2. The lowest BCUT2D eigenvalue weighted by Gasteiger charge is -2.39. The molecule has 1 N–H and O–H groups in total. The molecule has 0 saturated carbocycles. The molecular formula is C21H27BrN4O2. The van der Waals surface area contributed by atoms with E-state index in [1.165, 1.54) is 6.42 Å². The number of carbonyl (C=O) groups excluding carboxylic acids is 2. The van der Waals surface area contributed by atoms with Crippen molar-refractivity contribution < 1.29 is 9.59 Å². The number of nitrogens with one attached hydrogen (secondary N) is 1. The average molecular weight is 447 g/mol. The summed E-state index contributed by atoms with van der Waals surface area (Å²) in [6.45, 7) is 6.50. The second-order valence-corrected chi connectivity index (χ2v) is 8.54. The third kappa shape index (κ3) is 3.70. The van der Waals surface area contributed by atoms with Crippen molar-refractivity contribution in [2.75, 3.05) is 39.3 Å². The number of halogens is 1. The van der Waals surface area contributed by atoms with Crippen molar-refractivity contribution in [3.05, 3.63) is 34.4 Å². The number of likely N-dealkylation sites (tertiary alicyclic amines) is 1. The van der Waals surface area contributed by atoms with E-state index in [2.05, 4.69) is 25.8 Å². The van der Waals surface area contributed by atoms with E-state index in [-0.39, 0.29) is 17.9 Å². The molecule has 1 atom stereocenters. The molecule has 2 aliphatic heterocycles. The predicted octanol–water partition coefficient (Wildman–Crippen LogP) is 3.09. The van der Waals surface area contributed by atoms with Crippen molar-refractivity contribution >= 4 is 38.6 Å². The highest BCUT2D eigenvalue weighted by Gasteiger charge is 2.31. The van der Waals surface area contributed by atoms with Gasteiger partial charge < -0.3 is 14.8 Å². The largest absolute Gasteiger partial charge is 0.350 e. The van der Waals surface area contributed by atoms with Crippen molar-refractivity contribution in [1.29, 1.82) is 0 Å². The van der Waals surface area contributed by atoms with Crippen molar-refractivity contribution in [2.24, 2.45) is 0 Å². The molecular weight excluding hydrogens is 420 g/mol. The van der Waals surface area contributed by atoms with Crippen LogP contribution in [0.4, 0.5) is 0 Å². The first-order valence-corrected chi connectivity index (χ1v) is 10.9. The molecule has 2 fully saturated rings. The molecule has 0 aliphatic carbocycles. The Bertz CT molecular complexity index is 866. The van der Waals surface area contributed by atoms with Crippen LogP contribution in [-0.4, -0.2) is 76.8 Å². The van der Waals surface area contributed by atoms with Crippen molar-refractivity contribution in [1.82, 2.24) is 19.7 Å². The van der Waals surface area contributed by atoms with Crippen LogP contribution in [0.2, 0.25) is 0 Å².